The number of carboxylic acids is 1. The fourth-order valence-corrected chi connectivity index (χ4v) is 3.64. The van der Waals surface area contributed by atoms with Crippen LogP contribution in [0.25, 0.3) is 0 Å². The van der Waals surface area contributed by atoms with Gasteiger partial charge in [-0.15, -0.1) is 0 Å². The van der Waals surface area contributed by atoms with Crippen LogP contribution in [0.1, 0.15) is 53.3 Å². The van der Waals surface area contributed by atoms with E-state index in [4.69, 9.17) is 4.74 Å². The van der Waals surface area contributed by atoms with Crippen LogP contribution in [-0.2, 0) is 4.79 Å². The molecule has 1 fully saturated rings. The van der Waals surface area contributed by atoms with Crippen molar-refractivity contribution in [2.24, 2.45) is 0 Å². The molecule has 0 bridgehead atoms. The van der Waals surface area contributed by atoms with Crippen molar-refractivity contribution in [2.45, 2.75) is 38.6 Å². The molecular formula is C20H25N3O4. The van der Waals surface area contributed by atoms with Gasteiger partial charge < -0.3 is 14.7 Å². The predicted molar refractivity (Wildman–Crippen MR) is 100 cm³/mol. The summed E-state index contributed by atoms with van der Waals surface area (Å²) in [6.45, 7) is 4.99. The topological polar surface area (TPSA) is 84.7 Å². The second kappa shape index (κ2) is 7.82. The lowest BCUT2D eigenvalue weighted by Gasteiger charge is -2.34. The van der Waals surface area contributed by atoms with E-state index in [1.807, 2.05) is 36.1 Å². The number of likely N-dealkylation sites (tertiary alicyclic amines) is 1. The Labute approximate surface area is 158 Å². The Bertz CT molecular complexity index is 820. The van der Waals surface area contributed by atoms with Gasteiger partial charge in [0.25, 0.3) is 0 Å². The highest BCUT2D eigenvalue weighted by Gasteiger charge is 2.29. The second-order valence-corrected chi connectivity index (χ2v) is 6.94. The lowest BCUT2D eigenvalue weighted by Crippen LogP contribution is -2.41. The Morgan fingerprint density at radius 1 is 1.22 bits per heavy atom. The van der Waals surface area contributed by atoms with Crippen molar-refractivity contribution in [3.63, 3.8) is 0 Å². The van der Waals surface area contributed by atoms with Crippen molar-refractivity contribution in [1.82, 2.24) is 14.7 Å². The van der Waals surface area contributed by atoms with E-state index in [0.29, 0.717) is 18.8 Å². The van der Waals surface area contributed by atoms with Gasteiger partial charge in [-0.1, -0.05) is 12.1 Å². The molecule has 0 saturated carbocycles. The zero-order chi connectivity index (χ0) is 19.6. The van der Waals surface area contributed by atoms with Gasteiger partial charge in [0, 0.05) is 13.1 Å². The van der Waals surface area contributed by atoms with Gasteiger partial charge in [0.1, 0.15) is 11.3 Å². The molecule has 1 amide bonds. The molecule has 27 heavy (non-hydrogen) atoms. The number of piperidine rings is 1. The third-order valence-electron chi connectivity index (χ3n) is 5.38. The normalized spacial score (nSPS) is 16.2. The summed E-state index contributed by atoms with van der Waals surface area (Å²) < 4.78 is 6.96. The largest absolute Gasteiger partial charge is 0.497 e. The minimum absolute atomic E-state index is 0.113. The van der Waals surface area contributed by atoms with Crippen LogP contribution < -0.4 is 4.74 Å². The number of carbonyl (C=O) groups is 2. The lowest BCUT2D eigenvalue weighted by molar-refractivity contribution is -0.133. The highest BCUT2D eigenvalue weighted by Crippen LogP contribution is 2.27. The highest BCUT2D eigenvalue weighted by molar-refractivity contribution is 5.88. The molecule has 7 heteroatoms. The maximum absolute atomic E-state index is 12.9. The molecule has 1 aliphatic heterocycles. The smallest absolute Gasteiger partial charge is 0.339 e. The van der Waals surface area contributed by atoms with Gasteiger partial charge in [0.2, 0.25) is 5.91 Å². The highest BCUT2D eigenvalue weighted by atomic mass is 16.5. The molecule has 1 aromatic heterocycles. The molecule has 1 aromatic carbocycles. The first-order chi connectivity index (χ1) is 12.9. The Hall–Kier alpha value is -2.83. The van der Waals surface area contributed by atoms with Gasteiger partial charge in [0.15, 0.2) is 0 Å². The molecular weight excluding hydrogens is 346 g/mol. The number of amides is 1. The van der Waals surface area contributed by atoms with Crippen molar-refractivity contribution < 1.29 is 19.4 Å². The summed E-state index contributed by atoms with van der Waals surface area (Å²) in [6.07, 6.45) is 2.94. The van der Waals surface area contributed by atoms with E-state index in [1.165, 1.54) is 6.20 Å². The van der Waals surface area contributed by atoms with Crippen LogP contribution in [-0.4, -0.2) is 51.9 Å². The van der Waals surface area contributed by atoms with Gasteiger partial charge in [-0.25, -0.2) is 4.79 Å². The number of aromatic carboxylic acids is 1. The third kappa shape index (κ3) is 3.82. The number of hydrogen-bond acceptors (Lipinski definition) is 4. The van der Waals surface area contributed by atoms with Crippen LogP contribution in [0.3, 0.4) is 0 Å². The van der Waals surface area contributed by atoms with E-state index in [1.54, 1.807) is 18.7 Å². The summed E-state index contributed by atoms with van der Waals surface area (Å²) in [5.41, 5.74) is 1.87. The van der Waals surface area contributed by atoms with Gasteiger partial charge in [-0.3, -0.25) is 9.48 Å². The van der Waals surface area contributed by atoms with Crippen LogP contribution in [0.5, 0.6) is 5.75 Å². The number of methoxy groups -OCH3 is 1. The van der Waals surface area contributed by atoms with E-state index in [2.05, 4.69) is 5.10 Å². The summed E-state index contributed by atoms with van der Waals surface area (Å²) in [4.78, 5) is 25.9. The third-order valence-corrected chi connectivity index (χ3v) is 5.38. The molecule has 144 valence electrons. The van der Waals surface area contributed by atoms with E-state index in [0.717, 1.165) is 24.2 Å². The van der Waals surface area contributed by atoms with Crippen molar-refractivity contribution >= 4 is 11.9 Å². The lowest BCUT2D eigenvalue weighted by atomic mass is 9.97. The van der Waals surface area contributed by atoms with Gasteiger partial charge in [-0.2, -0.15) is 5.10 Å². The van der Waals surface area contributed by atoms with Crippen LogP contribution in [0.15, 0.2) is 30.5 Å². The standard InChI is InChI=1S/C20H25N3O4/c1-13(15-4-6-17(27-3)7-5-15)19(24)22-10-8-16(9-11-22)23-14(2)18(12-21-23)20(25)26/h4-7,12-13,16H,8-11H2,1-3H3,(H,25,26). The quantitative estimate of drug-likeness (QED) is 0.874. The minimum Gasteiger partial charge on any atom is -0.497 e. The molecule has 0 aliphatic carbocycles. The first-order valence-corrected chi connectivity index (χ1v) is 9.12. The first kappa shape index (κ1) is 18.9. The number of hydrogen-bond donors (Lipinski definition) is 1. The molecule has 1 N–H and O–H groups in total. The Balaban J connectivity index is 1.62. The first-order valence-electron chi connectivity index (χ1n) is 9.12. The maximum atomic E-state index is 12.9. The molecule has 1 saturated heterocycles. The van der Waals surface area contributed by atoms with Crippen molar-refractivity contribution in [2.75, 3.05) is 20.2 Å². The summed E-state index contributed by atoms with van der Waals surface area (Å²) in [6, 6.07) is 7.71. The van der Waals surface area contributed by atoms with Crippen LogP contribution >= 0.6 is 0 Å². The molecule has 3 rings (SSSR count). The number of carbonyl (C=O) groups excluding carboxylic acids is 1. The van der Waals surface area contributed by atoms with Gasteiger partial charge in [-0.05, 0) is 44.4 Å². The molecule has 1 aliphatic rings. The predicted octanol–water partition coefficient (Wildman–Crippen LogP) is 2.87. The van der Waals surface area contributed by atoms with E-state index in [9.17, 15) is 14.7 Å². The van der Waals surface area contributed by atoms with E-state index >= 15 is 0 Å². The molecule has 0 spiro atoms. The summed E-state index contributed by atoms with van der Waals surface area (Å²) in [7, 11) is 1.62. The second-order valence-electron chi connectivity index (χ2n) is 6.94. The van der Waals surface area contributed by atoms with Gasteiger partial charge >= 0.3 is 5.97 Å². The number of benzene rings is 1. The average molecular weight is 371 g/mol. The summed E-state index contributed by atoms with van der Waals surface area (Å²) >= 11 is 0. The van der Waals surface area contributed by atoms with Crippen LogP contribution in [0.4, 0.5) is 0 Å². The fourth-order valence-electron chi connectivity index (χ4n) is 3.64. The molecule has 7 nitrogen and oxygen atoms in total. The number of aromatic nitrogens is 2. The Morgan fingerprint density at radius 2 is 1.85 bits per heavy atom. The number of ether oxygens (including phenoxy) is 1. The monoisotopic (exact) mass is 371 g/mol. The number of carboxylic acid groups (broad SMARTS) is 1. The number of nitrogens with zero attached hydrogens (tertiary/aromatic N) is 3. The van der Waals surface area contributed by atoms with Crippen LogP contribution in [0.2, 0.25) is 0 Å². The van der Waals surface area contributed by atoms with E-state index in [-0.39, 0.29) is 23.4 Å². The average Bonchev–Trinajstić information content (AvgIpc) is 3.08. The molecule has 1 atom stereocenters. The molecule has 0 radical (unpaired) electrons. The molecule has 1 unspecified atom stereocenters. The minimum atomic E-state index is -0.959. The van der Waals surface area contributed by atoms with Crippen LogP contribution in [0, 0.1) is 6.92 Å². The Morgan fingerprint density at radius 3 is 2.37 bits per heavy atom. The van der Waals surface area contributed by atoms with Crippen molar-refractivity contribution in [1.29, 1.82) is 0 Å². The van der Waals surface area contributed by atoms with Crippen molar-refractivity contribution in [3.8, 4) is 5.75 Å². The zero-order valence-corrected chi connectivity index (χ0v) is 15.9. The number of rotatable bonds is 5. The Kier molecular flexibility index (Phi) is 5.48. The van der Waals surface area contributed by atoms with Gasteiger partial charge in [0.05, 0.1) is 31.0 Å². The zero-order valence-electron chi connectivity index (χ0n) is 15.9. The summed E-state index contributed by atoms with van der Waals surface area (Å²) in [5, 5.41) is 13.4. The summed E-state index contributed by atoms with van der Waals surface area (Å²) in [5.74, 6) is -0.284. The maximum Gasteiger partial charge on any atom is 0.339 e. The fraction of sp³-hybridized carbons (Fsp3) is 0.450. The van der Waals surface area contributed by atoms with E-state index < -0.39 is 5.97 Å². The molecule has 2 aromatic rings. The van der Waals surface area contributed by atoms with Crippen molar-refractivity contribution in [3.05, 3.63) is 47.3 Å². The SMILES string of the molecule is COc1ccc(C(C)C(=O)N2CCC(n3ncc(C(=O)O)c3C)CC2)cc1. The molecule has 2 heterocycles.